The standard InChI is InChI=1S/C16H15BrClF2N/c1-2-21-16(13-5-4-12(18)9-15(13)20)8-10-7-11(17)3-6-14(10)19/h3-7,9,16,21H,2,8H2,1H3. The first-order valence-electron chi connectivity index (χ1n) is 6.63. The Morgan fingerprint density at radius 1 is 1.14 bits per heavy atom. The highest BCUT2D eigenvalue weighted by molar-refractivity contribution is 9.10. The van der Waals surface area contributed by atoms with Crippen molar-refractivity contribution in [2.45, 2.75) is 19.4 Å². The maximum absolute atomic E-state index is 14.1. The summed E-state index contributed by atoms with van der Waals surface area (Å²) in [6, 6.07) is 9.01. The van der Waals surface area contributed by atoms with Crippen molar-refractivity contribution in [2.75, 3.05) is 6.54 Å². The van der Waals surface area contributed by atoms with Gasteiger partial charge in [0.1, 0.15) is 11.6 Å². The largest absolute Gasteiger partial charge is 0.310 e. The third kappa shape index (κ3) is 4.25. The van der Waals surface area contributed by atoms with Gasteiger partial charge in [0.15, 0.2) is 0 Å². The molecule has 0 aromatic heterocycles. The van der Waals surface area contributed by atoms with Gasteiger partial charge in [-0.2, -0.15) is 0 Å². The summed E-state index contributed by atoms with van der Waals surface area (Å²) < 4.78 is 28.8. The number of rotatable bonds is 5. The third-order valence-corrected chi connectivity index (χ3v) is 3.95. The smallest absolute Gasteiger partial charge is 0.129 e. The van der Waals surface area contributed by atoms with Crippen molar-refractivity contribution in [1.82, 2.24) is 5.32 Å². The van der Waals surface area contributed by atoms with Crippen LogP contribution < -0.4 is 5.32 Å². The molecular formula is C16H15BrClF2N. The van der Waals surface area contributed by atoms with Crippen LogP contribution in [0.3, 0.4) is 0 Å². The number of halogens is 4. The molecule has 0 fully saturated rings. The van der Waals surface area contributed by atoms with Crippen LogP contribution in [0.5, 0.6) is 0 Å². The van der Waals surface area contributed by atoms with E-state index in [1.165, 1.54) is 12.1 Å². The molecule has 1 unspecified atom stereocenters. The molecule has 0 aliphatic heterocycles. The third-order valence-electron chi connectivity index (χ3n) is 3.22. The summed E-state index contributed by atoms with van der Waals surface area (Å²) in [4.78, 5) is 0. The quantitative estimate of drug-likeness (QED) is 0.751. The van der Waals surface area contributed by atoms with Crippen molar-refractivity contribution in [3.05, 3.63) is 68.7 Å². The van der Waals surface area contributed by atoms with E-state index >= 15 is 0 Å². The molecule has 0 saturated carbocycles. The summed E-state index contributed by atoms with van der Waals surface area (Å²) >= 11 is 9.11. The van der Waals surface area contributed by atoms with Gasteiger partial charge in [-0.05, 0) is 48.9 Å². The Kier molecular flexibility index (Phi) is 5.73. The number of nitrogens with one attached hydrogen (secondary N) is 1. The van der Waals surface area contributed by atoms with Crippen LogP contribution in [-0.4, -0.2) is 6.54 Å². The van der Waals surface area contributed by atoms with Crippen LogP contribution in [-0.2, 0) is 6.42 Å². The number of hydrogen-bond donors (Lipinski definition) is 1. The zero-order chi connectivity index (χ0) is 15.4. The van der Waals surface area contributed by atoms with Gasteiger partial charge in [-0.15, -0.1) is 0 Å². The second kappa shape index (κ2) is 7.34. The maximum atomic E-state index is 14.1. The molecule has 0 bridgehead atoms. The van der Waals surface area contributed by atoms with Crippen molar-refractivity contribution < 1.29 is 8.78 Å². The molecule has 1 atom stereocenters. The van der Waals surface area contributed by atoms with Crippen LogP contribution >= 0.6 is 27.5 Å². The zero-order valence-corrected chi connectivity index (χ0v) is 13.8. The molecule has 2 aromatic carbocycles. The Bertz CT molecular complexity index is 634. The Hall–Kier alpha value is -0.970. The fraction of sp³-hybridized carbons (Fsp3) is 0.250. The normalized spacial score (nSPS) is 12.4. The lowest BCUT2D eigenvalue weighted by Crippen LogP contribution is -2.24. The van der Waals surface area contributed by atoms with Crippen molar-refractivity contribution >= 4 is 27.5 Å². The van der Waals surface area contributed by atoms with E-state index in [1.54, 1.807) is 24.3 Å². The molecule has 2 rings (SSSR count). The molecule has 1 N–H and O–H groups in total. The summed E-state index contributed by atoms with van der Waals surface area (Å²) in [6.07, 6.45) is 0.359. The molecule has 21 heavy (non-hydrogen) atoms. The highest BCUT2D eigenvalue weighted by Gasteiger charge is 2.17. The SMILES string of the molecule is CCNC(Cc1cc(Br)ccc1F)c1ccc(Cl)cc1F. The molecule has 0 radical (unpaired) electrons. The minimum atomic E-state index is -0.385. The summed E-state index contributed by atoms with van der Waals surface area (Å²) in [5.41, 5.74) is 1.02. The Morgan fingerprint density at radius 3 is 2.57 bits per heavy atom. The van der Waals surface area contributed by atoms with Gasteiger partial charge in [0, 0.05) is 21.1 Å². The molecule has 112 valence electrons. The molecular weight excluding hydrogens is 360 g/mol. The summed E-state index contributed by atoms with van der Waals surface area (Å²) in [5, 5.41) is 3.54. The van der Waals surface area contributed by atoms with Crippen molar-refractivity contribution in [1.29, 1.82) is 0 Å². The summed E-state index contributed by atoms with van der Waals surface area (Å²) in [7, 11) is 0. The first kappa shape index (κ1) is 16.4. The first-order valence-corrected chi connectivity index (χ1v) is 7.80. The van der Waals surface area contributed by atoms with Crippen LogP contribution in [0.25, 0.3) is 0 Å². The molecule has 0 spiro atoms. The average molecular weight is 375 g/mol. The molecule has 2 aromatic rings. The Morgan fingerprint density at radius 2 is 1.90 bits per heavy atom. The topological polar surface area (TPSA) is 12.0 Å². The summed E-state index contributed by atoms with van der Waals surface area (Å²) in [6.45, 7) is 2.58. The van der Waals surface area contributed by atoms with Crippen LogP contribution in [0, 0.1) is 11.6 Å². The van der Waals surface area contributed by atoms with E-state index in [2.05, 4.69) is 21.2 Å². The van der Waals surface area contributed by atoms with Crippen molar-refractivity contribution in [3.63, 3.8) is 0 Å². The van der Waals surface area contributed by atoms with E-state index in [9.17, 15) is 8.78 Å². The van der Waals surface area contributed by atoms with Gasteiger partial charge in [-0.3, -0.25) is 0 Å². The predicted molar refractivity (Wildman–Crippen MR) is 85.6 cm³/mol. The molecule has 0 aliphatic rings. The maximum Gasteiger partial charge on any atom is 0.129 e. The fourth-order valence-electron chi connectivity index (χ4n) is 2.24. The Labute approximate surface area is 136 Å². The highest BCUT2D eigenvalue weighted by atomic mass is 79.9. The van der Waals surface area contributed by atoms with Gasteiger partial charge in [-0.25, -0.2) is 8.78 Å². The van der Waals surface area contributed by atoms with Crippen molar-refractivity contribution in [2.24, 2.45) is 0 Å². The molecule has 0 amide bonds. The van der Waals surface area contributed by atoms with Crippen LogP contribution in [0.2, 0.25) is 5.02 Å². The van der Waals surface area contributed by atoms with E-state index in [4.69, 9.17) is 11.6 Å². The lowest BCUT2D eigenvalue weighted by atomic mass is 9.98. The second-order valence-corrected chi connectivity index (χ2v) is 6.07. The highest BCUT2D eigenvalue weighted by Crippen LogP contribution is 2.26. The molecule has 0 aliphatic carbocycles. The van der Waals surface area contributed by atoms with E-state index in [1.807, 2.05) is 6.92 Å². The number of hydrogen-bond acceptors (Lipinski definition) is 1. The monoisotopic (exact) mass is 373 g/mol. The van der Waals surface area contributed by atoms with E-state index in [-0.39, 0.29) is 17.7 Å². The Balaban J connectivity index is 2.32. The average Bonchev–Trinajstić information content (AvgIpc) is 2.42. The second-order valence-electron chi connectivity index (χ2n) is 4.72. The van der Waals surface area contributed by atoms with E-state index < -0.39 is 0 Å². The minimum absolute atomic E-state index is 0.296. The van der Waals surface area contributed by atoms with Gasteiger partial charge in [0.25, 0.3) is 0 Å². The number of likely N-dealkylation sites (N-methyl/N-ethyl adjacent to an activating group) is 1. The van der Waals surface area contributed by atoms with Crippen LogP contribution in [0.4, 0.5) is 8.78 Å². The minimum Gasteiger partial charge on any atom is -0.310 e. The van der Waals surface area contributed by atoms with E-state index in [0.29, 0.717) is 29.1 Å². The van der Waals surface area contributed by atoms with Gasteiger partial charge < -0.3 is 5.32 Å². The lowest BCUT2D eigenvalue weighted by Gasteiger charge is -2.20. The zero-order valence-electron chi connectivity index (χ0n) is 11.5. The predicted octanol–water partition coefficient (Wildman–Crippen LogP) is 5.27. The van der Waals surface area contributed by atoms with Gasteiger partial charge in [0.2, 0.25) is 0 Å². The lowest BCUT2D eigenvalue weighted by molar-refractivity contribution is 0.498. The van der Waals surface area contributed by atoms with Gasteiger partial charge >= 0.3 is 0 Å². The first-order chi connectivity index (χ1) is 10.0. The molecule has 5 heteroatoms. The molecule has 0 heterocycles. The van der Waals surface area contributed by atoms with E-state index in [0.717, 1.165) is 4.47 Å². The van der Waals surface area contributed by atoms with Gasteiger partial charge in [0.05, 0.1) is 0 Å². The number of benzene rings is 2. The van der Waals surface area contributed by atoms with Gasteiger partial charge in [-0.1, -0.05) is 40.5 Å². The summed E-state index contributed by atoms with van der Waals surface area (Å²) in [5.74, 6) is -0.681. The molecule has 1 nitrogen and oxygen atoms in total. The van der Waals surface area contributed by atoms with Crippen LogP contribution in [0.15, 0.2) is 40.9 Å². The molecule has 0 saturated heterocycles. The van der Waals surface area contributed by atoms with Crippen molar-refractivity contribution in [3.8, 4) is 0 Å². The fourth-order valence-corrected chi connectivity index (χ4v) is 2.81. The van der Waals surface area contributed by atoms with Crippen LogP contribution in [0.1, 0.15) is 24.1 Å².